The number of amides is 1. The van der Waals surface area contributed by atoms with Crippen molar-refractivity contribution in [3.05, 3.63) is 59.0 Å². The van der Waals surface area contributed by atoms with Crippen LogP contribution in [0.4, 0.5) is 5.69 Å². The van der Waals surface area contributed by atoms with Crippen LogP contribution in [0.5, 0.6) is 5.75 Å². The molecule has 0 bridgehead atoms. The Labute approximate surface area is 132 Å². The lowest BCUT2D eigenvalue weighted by Crippen LogP contribution is -2.29. The predicted octanol–water partition coefficient (Wildman–Crippen LogP) is 2.17. The van der Waals surface area contributed by atoms with Crippen LogP contribution in [0.1, 0.15) is 6.92 Å². The smallest absolute Gasteiger partial charge is 0.329 e. The summed E-state index contributed by atoms with van der Waals surface area (Å²) in [6.45, 7) is 2.38. The van der Waals surface area contributed by atoms with Gasteiger partial charge in [-0.25, -0.2) is 4.79 Å². The van der Waals surface area contributed by atoms with Crippen LogP contribution in [0.25, 0.3) is 11.0 Å². The van der Waals surface area contributed by atoms with Crippen molar-refractivity contribution in [3.8, 4) is 5.75 Å². The van der Waals surface area contributed by atoms with E-state index in [1.807, 2.05) is 31.2 Å². The molecule has 0 unspecified atom stereocenters. The van der Waals surface area contributed by atoms with Crippen molar-refractivity contribution in [3.63, 3.8) is 0 Å². The number of aromatic hydroxyl groups is 1. The first-order chi connectivity index (χ1) is 11.1. The second-order valence-corrected chi connectivity index (χ2v) is 5.20. The standard InChI is InChI=1S/C17H17N3O3/c1-2-19-14-5-3-4-6-15(14)20(17(19)23)11-16(22)18-12-7-9-13(21)10-8-12/h3-10,21H,2,11H2,1H3,(H,18,22). The van der Waals surface area contributed by atoms with Gasteiger partial charge in [0.25, 0.3) is 0 Å². The van der Waals surface area contributed by atoms with Crippen LogP contribution in [0, 0.1) is 0 Å². The molecule has 3 aromatic rings. The van der Waals surface area contributed by atoms with Crippen LogP contribution in [0.3, 0.4) is 0 Å². The first-order valence-electron chi connectivity index (χ1n) is 7.37. The zero-order chi connectivity index (χ0) is 16.4. The van der Waals surface area contributed by atoms with Gasteiger partial charge < -0.3 is 10.4 Å². The van der Waals surface area contributed by atoms with E-state index >= 15 is 0 Å². The van der Waals surface area contributed by atoms with Crippen molar-refractivity contribution in [2.45, 2.75) is 20.0 Å². The van der Waals surface area contributed by atoms with Gasteiger partial charge in [-0.3, -0.25) is 13.9 Å². The minimum absolute atomic E-state index is 0.0623. The summed E-state index contributed by atoms with van der Waals surface area (Å²) in [4.78, 5) is 24.7. The number of carbonyl (C=O) groups is 1. The number of rotatable bonds is 4. The van der Waals surface area contributed by atoms with Gasteiger partial charge in [0, 0.05) is 12.2 Å². The Balaban J connectivity index is 1.89. The van der Waals surface area contributed by atoms with Crippen molar-refractivity contribution in [1.29, 1.82) is 0 Å². The minimum atomic E-state index is -0.295. The van der Waals surface area contributed by atoms with Gasteiger partial charge in [-0.15, -0.1) is 0 Å². The van der Waals surface area contributed by atoms with E-state index < -0.39 is 0 Å². The number of nitrogens with one attached hydrogen (secondary N) is 1. The Morgan fingerprint density at radius 2 is 1.65 bits per heavy atom. The number of aryl methyl sites for hydroxylation is 1. The number of imidazole rings is 1. The fourth-order valence-corrected chi connectivity index (χ4v) is 2.62. The molecule has 3 rings (SSSR count). The maximum Gasteiger partial charge on any atom is 0.329 e. The van der Waals surface area contributed by atoms with Crippen LogP contribution < -0.4 is 11.0 Å². The number of para-hydroxylation sites is 2. The molecule has 0 radical (unpaired) electrons. The SMILES string of the molecule is CCn1c(=O)n(CC(=O)Nc2ccc(O)cc2)c2ccccc21. The van der Waals surface area contributed by atoms with E-state index in [4.69, 9.17) is 0 Å². The molecule has 2 N–H and O–H groups in total. The molecule has 0 fully saturated rings. The average molecular weight is 311 g/mol. The van der Waals surface area contributed by atoms with Gasteiger partial charge >= 0.3 is 5.69 Å². The summed E-state index contributed by atoms with van der Waals surface area (Å²) in [5, 5.41) is 12.0. The number of phenolic OH excluding ortho intramolecular Hbond substituents is 1. The number of benzene rings is 2. The Kier molecular flexibility index (Phi) is 3.89. The van der Waals surface area contributed by atoms with Crippen molar-refractivity contribution in [1.82, 2.24) is 9.13 Å². The van der Waals surface area contributed by atoms with Crippen molar-refractivity contribution >= 4 is 22.6 Å². The fourth-order valence-electron chi connectivity index (χ4n) is 2.62. The first-order valence-corrected chi connectivity index (χ1v) is 7.37. The number of nitrogens with zero attached hydrogens (tertiary/aromatic N) is 2. The average Bonchev–Trinajstić information content (AvgIpc) is 2.81. The summed E-state index contributed by atoms with van der Waals surface area (Å²) in [5.74, 6) is -0.165. The number of carbonyl (C=O) groups excluding carboxylic acids is 1. The molecule has 0 spiro atoms. The molecule has 2 aromatic carbocycles. The highest BCUT2D eigenvalue weighted by atomic mass is 16.3. The molecular formula is C17H17N3O3. The van der Waals surface area contributed by atoms with Gasteiger partial charge in [-0.2, -0.15) is 0 Å². The largest absolute Gasteiger partial charge is 0.508 e. The number of hydrogen-bond acceptors (Lipinski definition) is 3. The highest BCUT2D eigenvalue weighted by Crippen LogP contribution is 2.15. The number of phenols is 1. The Morgan fingerprint density at radius 3 is 2.26 bits per heavy atom. The Morgan fingerprint density at radius 1 is 1.04 bits per heavy atom. The molecule has 1 amide bonds. The highest BCUT2D eigenvalue weighted by Gasteiger charge is 2.14. The molecule has 0 aliphatic rings. The molecule has 6 heteroatoms. The second kappa shape index (κ2) is 6.00. The van der Waals surface area contributed by atoms with Gasteiger partial charge in [-0.1, -0.05) is 12.1 Å². The van der Waals surface area contributed by atoms with E-state index in [9.17, 15) is 14.7 Å². The van der Waals surface area contributed by atoms with Gasteiger partial charge in [0.05, 0.1) is 11.0 Å². The maximum atomic E-state index is 12.5. The summed E-state index contributed by atoms with van der Waals surface area (Å²) >= 11 is 0. The van der Waals surface area contributed by atoms with Crippen LogP contribution in [-0.2, 0) is 17.9 Å². The molecule has 6 nitrogen and oxygen atoms in total. The molecule has 1 aromatic heterocycles. The minimum Gasteiger partial charge on any atom is -0.508 e. The van der Waals surface area contributed by atoms with Crippen LogP contribution >= 0.6 is 0 Å². The van der Waals surface area contributed by atoms with Crippen molar-refractivity contribution in [2.24, 2.45) is 0 Å². The Hall–Kier alpha value is -3.02. The zero-order valence-electron chi connectivity index (χ0n) is 12.7. The molecule has 1 heterocycles. The number of aromatic nitrogens is 2. The summed E-state index contributed by atoms with van der Waals surface area (Å²) in [7, 11) is 0. The number of anilines is 1. The monoisotopic (exact) mass is 311 g/mol. The van der Waals surface area contributed by atoms with Gasteiger partial charge in [0.2, 0.25) is 5.91 Å². The first kappa shape index (κ1) is 14.9. The third-order valence-corrected chi connectivity index (χ3v) is 3.69. The topological polar surface area (TPSA) is 76.3 Å². The van der Waals surface area contributed by atoms with E-state index in [-0.39, 0.29) is 23.9 Å². The molecular weight excluding hydrogens is 294 g/mol. The van der Waals surface area contributed by atoms with E-state index in [1.165, 1.54) is 16.7 Å². The third-order valence-electron chi connectivity index (χ3n) is 3.69. The van der Waals surface area contributed by atoms with Crippen LogP contribution in [-0.4, -0.2) is 20.1 Å². The number of hydrogen-bond donors (Lipinski definition) is 2. The lowest BCUT2D eigenvalue weighted by Gasteiger charge is -2.06. The number of fused-ring (bicyclic) bond motifs is 1. The summed E-state index contributed by atoms with van der Waals surface area (Å²) in [5.41, 5.74) is 1.92. The summed E-state index contributed by atoms with van der Waals surface area (Å²) in [6, 6.07) is 13.6. The van der Waals surface area contributed by atoms with Gasteiger partial charge in [0.1, 0.15) is 12.3 Å². The van der Waals surface area contributed by atoms with Gasteiger partial charge in [-0.05, 0) is 43.3 Å². The highest BCUT2D eigenvalue weighted by molar-refractivity contribution is 5.91. The van der Waals surface area contributed by atoms with E-state index in [2.05, 4.69) is 5.32 Å². The fraction of sp³-hybridized carbons (Fsp3) is 0.176. The van der Waals surface area contributed by atoms with E-state index in [0.717, 1.165) is 11.0 Å². The third kappa shape index (κ3) is 2.83. The quantitative estimate of drug-likeness (QED) is 0.725. The Bertz CT molecular complexity index is 907. The van der Waals surface area contributed by atoms with Gasteiger partial charge in [0.15, 0.2) is 0 Å². The molecule has 23 heavy (non-hydrogen) atoms. The van der Waals surface area contributed by atoms with Crippen LogP contribution in [0.15, 0.2) is 53.3 Å². The molecule has 0 saturated heterocycles. The molecule has 0 atom stereocenters. The molecule has 0 aliphatic heterocycles. The molecule has 118 valence electrons. The van der Waals surface area contributed by atoms with E-state index in [0.29, 0.717) is 12.2 Å². The van der Waals surface area contributed by atoms with Crippen LogP contribution in [0.2, 0.25) is 0 Å². The maximum absolute atomic E-state index is 12.5. The second-order valence-electron chi connectivity index (χ2n) is 5.20. The van der Waals surface area contributed by atoms with E-state index in [1.54, 1.807) is 16.7 Å². The van der Waals surface area contributed by atoms with Crippen molar-refractivity contribution < 1.29 is 9.90 Å². The normalized spacial score (nSPS) is 10.8. The summed E-state index contributed by atoms with van der Waals surface area (Å²) < 4.78 is 3.11. The molecule has 0 saturated carbocycles. The summed E-state index contributed by atoms with van der Waals surface area (Å²) in [6.07, 6.45) is 0. The van der Waals surface area contributed by atoms with Crippen molar-refractivity contribution in [2.75, 3.05) is 5.32 Å². The predicted molar refractivity (Wildman–Crippen MR) is 88.6 cm³/mol. The zero-order valence-corrected chi connectivity index (χ0v) is 12.7. The molecule has 0 aliphatic carbocycles. The lowest BCUT2D eigenvalue weighted by atomic mass is 10.3. The lowest BCUT2D eigenvalue weighted by molar-refractivity contribution is -0.116.